The Kier molecular flexibility index (Phi) is 10.7. The number of rotatable bonds is 11. The number of halogens is 4. The molecule has 0 radical (unpaired) electrons. The first kappa shape index (κ1) is 31.0. The number of nitriles is 1. The van der Waals surface area contributed by atoms with Gasteiger partial charge in [0.15, 0.2) is 24.7 Å². The van der Waals surface area contributed by atoms with Gasteiger partial charge < -0.3 is 24.4 Å². The summed E-state index contributed by atoms with van der Waals surface area (Å²) < 4.78 is 56.1. The molecule has 0 aromatic heterocycles. The van der Waals surface area contributed by atoms with Gasteiger partial charge in [-0.05, 0) is 60.7 Å². The van der Waals surface area contributed by atoms with Crippen LogP contribution in [-0.4, -0.2) is 44.7 Å². The van der Waals surface area contributed by atoms with Crippen molar-refractivity contribution >= 4 is 45.1 Å². The summed E-state index contributed by atoms with van der Waals surface area (Å²) in [5.41, 5.74) is -0.505. The normalized spacial score (nSPS) is 10.7. The van der Waals surface area contributed by atoms with E-state index in [1.165, 1.54) is 31.4 Å². The highest BCUT2D eigenvalue weighted by Crippen LogP contribution is 2.32. The van der Waals surface area contributed by atoms with E-state index < -0.39 is 36.1 Å². The Labute approximate surface area is 241 Å². The molecule has 0 heterocycles. The fraction of sp³-hybridized carbons (Fsp3) is 0.214. The van der Waals surface area contributed by atoms with E-state index in [2.05, 4.69) is 21.2 Å². The van der Waals surface area contributed by atoms with Crippen molar-refractivity contribution < 1.29 is 41.8 Å². The van der Waals surface area contributed by atoms with Crippen molar-refractivity contribution in [3.8, 4) is 17.6 Å². The number of carbonyl (C=O) groups excluding carboxylic acids is 3. The fourth-order valence-electron chi connectivity index (χ4n) is 3.49. The van der Waals surface area contributed by atoms with Crippen LogP contribution in [0.2, 0.25) is 0 Å². The zero-order chi connectivity index (χ0) is 30.0. The molecule has 3 aromatic rings. The van der Waals surface area contributed by atoms with Crippen molar-refractivity contribution in [2.75, 3.05) is 37.1 Å². The van der Waals surface area contributed by atoms with Crippen molar-refractivity contribution in [1.82, 2.24) is 0 Å². The van der Waals surface area contributed by atoms with E-state index in [9.17, 15) is 27.6 Å². The number of nitrogens with one attached hydrogen (secondary N) is 1. The van der Waals surface area contributed by atoms with E-state index in [0.717, 1.165) is 27.6 Å². The second-order valence-corrected chi connectivity index (χ2v) is 9.20. The van der Waals surface area contributed by atoms with Gasteiger partial charge in [-0.2, -0.15) is 18.4 Å². The first-order chi connectivity index (χ1) is 19.5. The van der Waals surface area contributed by atoms with Gasteiger partial charge in [-0.15, -0.1) is 0 Å². The SMILES string of the molecule is COc1cc(C(=O)OCC(=O)N(CCC#N)c2cccc(C(F)(F)F)c2)ccc1OCC(=O)Nc1ccc(Br)cc1. The number of methoxy groups -OCH3 is 1. The van der Waals surface area contributed by atoms with Crippen LogP contribution < -0.4 is 19.7 Å². The number of amides is 2. The average molecular weight is 634 g/mol. The molecule has 3 aromatic carbocycles. The van der Waals surface area contributed by atoms with E-state index in [1.54, 1.807) is 24.3 Å². The topological polar surface area (TPSA) is 118 Å². The van der Waals surface area contributed by atoms with E-state index in [0.29, 0.717) is 5.69 Å². The minimum atomic E-state index is -4.63. The Morgan fingerprint density at radius 3 is 2.39 bits per heavy atom. The van der Waals surface area contributed by atoms with Gasteiger partial charge in [0.25, 0.3) is 11.8 Å². The molecule has 0 aliphatic rings. The molecule has 0 aliphatic heterocycles. The number of benzene rings is 3. The molecule has 0 unspecified atom stereocenters. The van der Waals surface area contributed by atoms with Crippen molar-refractivity contribution in [2.45, 2.75) is 12.6 Å². The molecule has 3 rings (SSSR count). The molecule has 0 fully saturated rings. The molecule has 0 saturated carbocycles. The minimum Gasteiger partial charge on any atom is -0.493 e. The molecular weight excluding hydrogens is 611 g/mol. The molecule has 13 heteroatoms. The van der Waals surface area contributed by atoms with Gasteiger partial charge in [-0.3, -0.25) is 9.59 Å². The number of nitrogens with zero attached hydrogens (tertiary/aromatic N) is 2. The number of ether oxygens (including phenoxy) is 3. The Morgan fingerprint density at radius 2 is 1.73 bits per heavy atom. The lowest BCUT2D eigenvalue weighted by Crippen LogP contribution is -2.35. The molecule has 41 heavy (non-hydrogen) atoms. The fourth-order valence-corrected chi connectivity index (χ4v) is 3.75. The van der Waals surface area contributed by atoms with Gasteiger partial charge in [-0.25, -0.2) is 4.79 Å². The van der Waals surface area contributed by atoms with Crippen molar-refractivity contribution in [3.05, 3.63) is 82.3 Å². The van der Waals surface area contributed by atoms with E-state index in [4.69, 9.17) is 19.5 Å². The van der Waals surface area contributed by atoms with Crippen molar-refractivity contribution in [3.63, 3.8) is 0 Å². The van der Waals surface area contributed by atoms with Crippen LogP contribution in [0, 0.1) is 11.3 Å². The Bertz CT molecular complexity index is 1440. The zero-order valence-corrected chi connectivity index (χ0v) is 23.1. The number of carbonyl (C=O) groups is 3. The summed E-state index contributed by atoms with van der Waals surface area (Å²) in [6.07, 6.45) is -4.79. The Morgan fingerprint density at radius 1 is 1.00 bits per heavy atom. The summed E-state index contributed by atoms with van der Waals surface area (Å²) >= 11 is 3.31. The van der Waals surface area contributed by atoms with Crippen LogP contribution in [-0.2, 0) is 20.5 Å². The highest BCUT2D eigenvalue weighted by molar-refractivity contribution is 9.10. The lowest BCUT2D eigenvalue weighted by Gasteiger charge is -2.22. The summed E-state index contributed by atoms with van der Waals surface area (Å²) in [6, 6.07) is 16.8. The molecule has 0 saturated heterocycles. The van der Waals surface area contributed by atoms with Crippen LogP contribution >= 0.6 is 15.9 Å². The number of hydrogen-bond acceptors (Lipinski definition) is 7. The summed E-state index contributed by atoms with van der Waals surface area (Å²) in [4.78, 5) is 38.6. The van der Waals surface area contributed by atoms with Crippen molar-refractivity contribution in [1.29, 1.82) is 5.26 Å². The standard InChI is InChI=1S/C28H23BrF3N3O6/c1-39-24-14-18(6-11-23(24)40-16-25(36)34-21-9-7-20(29)8-10-21)27(38)41-17-26(37)35(13-3-12-33)22-5-2-4-19(15-22)28(30,31)32/h2,4-11,14-15H,3,13,16-17H2,1H3,(H,34,36). The molecule has 0 aliphatic carbocycles. The highest BCUT2D eigenvalue weighted by Gasteiger charge is 2.31. The molecule has 0 bridgehead atoms. The highest BCUT2D eigenvalue weighted by atomic mass is 79.9. The summed E-state index contributed by atoms with van der Waals surface area (Å²) in [6.45, 7) is -1.35. The maximum atomic E-state index is 13.1. The second kappa shape index (κ2) is 14.2. The number of esters is 1. The lowest BCUT2D eigenvalue weighted by atomic mass is 10.1. The van der Waals surface area contributed by atoms with Crippen LogP contribution in [0.5, 0.6) is 11.5 Å². The molecule has 0 spiro atoms. The van der Waals surface area contributed by atoms with Gasteiger partial charge in [-0.1, -0.05) is 22.0 Å². The quantitative estimate of drug-likeness (QED) is 0.273. The summed E-state index contributed by atoms with van der Waals surface area (Å²) in [7, 11) is 1.32. The molecule has 2 amide bonds. The monoisotopic (exact) mass is 633 g/mol. The van der Waals surface area contributed by atoms with E-state index in [1.807, 2.05) is 6.07 Å². The third kappa shape index (κ3) is 8.97. The second-order valence-electron chi connectivity index (χ2n) is 8.29. The van der Waals surface area contributed by atoms with E-state index in [-0.39, 0.29) is 42.3 Å². The van der Waals surface area contributed by atoms with Gasteiger partial charge in [0.2, 0.25) is 0 Å². The Hall–Kier alpha value is -4.57. The number of anilines is 2. The molecule has 9 nitrogen and oxygen atoms in total. The third-order valence-corrected chi connectivity index (χ3v) is 5.97. The van der Waals surface area contributed by atoms with Gasteiger partial charge in [0.1, 0.15) is 0 Å². The predicted molar refractivity (Wildman–Crippen MR) is 146 cm³/mol. The number of alkyl halides is 3. The van der Waals surface area contributed by atoms with Gasteiger partial charge in [0.05, 0.1) is 30.7 Å². The van der Waals surface area contributed by atoms with Crippen LogP contribution in [0.3, 0.4) is 0 Å². The van der Waals surface area contributed by atoms with Crippen molar-refractivity contribution in [2.24, 2.45) is 0 Å². The molecule has 214 valence electrons. The first-order valence-corrected chi connectivity index (χ1v) is 12.7. The lowest BCUT2D eigenvalue weighted by molar-refractivity contribution is -0.137. The van der Waals surface area contributed by atoms with Gasteiger partial charge >= 0.3 is 12.1 Å². The molecule has 1 N–H and O–H groups in total. The third-order valence-electron chi connectivity index (χ3n) is 5.45. The number of hydrogen-bond donors (Lipinski definition) is 1. The van der Waals surface area contributed by atoms with E-state index >= 15 is 0 Å². The molecular formula is C28H23BrF3N3O6. The zero-order valence-electron chi connectivity index (χ0n) is 21.5. The maximum Gasteiger partial charge on any atom is 0.416 e. The predicted octanol–water partition coefficient (Wildman–Crippen LogP) is 5.60. The van der Waals surface area contributed by atoms with Crippen LogP contribution in [0.25, 0.3) is 0 Å². The van der Waals surface area contributed by atoms with Crippen LogP contribution in [0.1, 0.15) is 22.3 Å². The maximum absolute atomic E-state index is 13.1. The average Bonchev–Trinajstić information content (AvgIpc) is 2.95. The smallest absolute Gasteiger partial charge is 0.416 e. The first-order valence-electron chi connectivity index (χ1n) is 11.9. The van der Waals surface area contributed by atoms with Crippen LogP contribution in [0.4, 0.5) is 24.5 Å². The largest absolute Gasteiger partial charge is 0.493 e. The summed E-state index contributed by atoms with van der Waals surface area (Å²) in [5, 5.41) is 11.6. The minimum absolute atomic E-state index is 0.0102. The molecule has 0 atom stereocenters. The van der Waals surface area contributed by atoms with Gasteiger partial charge in [0, 0.05) is 22.4 Å². The van der Waals surface area contributed by atoms with Crippen LogP contribution in [0.15, 0.2) is 71.2 Å². The summed E-state index contributed by atoms with van der Waals surface area (Å²) in [5.74, 6) is -1.89. The Balaban J connectivity index is 1.63.